The monoisotopic (exact) mass is 455 g/mol. The van der Waals surface area contributed by atoms with E-state index in [1.807, 2.05) is 70.2 Å². The topological polar surface area (TPSA) is 12.9 Å². The number of benzene rings is 1. The van der Waals surface area contributed by atoms with Crippen LogP contribution in [-0.2, 0) is 21.1 Å². The van der Waals surface area contributed by atoms with E-state index in [0.29, 0.717) is 0 Å². The molecule has 1 nitrogen and oxygen atoms in total. The van der Waals surface area contributed by atoms with Crippen molar-refractivity contribution in [2.45, 2.75) is 35.1 Å². The Bertz CT molecular complexity index is 309. The molecule has 2 aromatic rings. The van der Waals surface area contributed by atoms with Gasteiger partial charge in [0.15, 0.2) is 0 Å². The van der Waals surface area contributed by atoms with Crippen molar-refractivity contribution in [3.05, 3.63) is 69.6 Å². The van der Waals surface area contributed by atoms with E-state index in [1.165, 1.54) is 0 Å². The van der Waals surface area contributed by atoms with Gasteiger partial charge in [-0.2, -0.15) is 0 Å². The van der Waals surface area contributed by atoms with Crippen molar-refractivity contribution < 1.29 is 21.1 Å². The van der Waals surface area contributed by atoms with Gasteiger partial charge in [0.05, 0.1) is 0 Å². The molecule has 0 N–H and O–H groups in total. The molecule has 0 amide bonds. The van der Waals surface area contributed by atoms with Gasteiger partial charge in [-0.25, -0.2) is 0 Å². The minimum atomic E-state index is 0. The van der Waals surface area contributed by atoms with Crippen LogP contribution in [0, 0.1) is 20.9 Å². The largest absolute Gasteiger partial charge is 0.358 e. The fourth-order valence-corrected chi connectivity index (χ4v) is 1.07. The Morgan fingerprint density at radius 3 is 1.80 bits per heavy atom. The summed E-state index contributed by atoms with van der Waals surface area (Å²) in [5, 5.41) is 0. The summed E-state index contributed by atoms with van der Waals surface area (Å²) in [6.45, 7) is 8.00. The SMILES string of the molecule is C.CC.CC.[CH3-].[CH3-].[Pt].[c-]1ccccc1-c1ccccn1. The van der Waals surface area contributed by atoms with Crippen molar-refractivity contribution in [3.8, 4) is 11.3 Å². The molecule has 0 atom stereocenters. The maximum absolute atomic E-state index is 4.22. The number of hydrogen-bond acceptors (Lipinski definition) is 1. The van der Waals surface area contributed by atoms with Crippen LogP contribution in [0.5, 0.6) is 0 Å². The maximum atomic E-state index is 4.22. The zero-order valence-electron chi connectivity index (χ0n) is 12.9. The van der Waals surface area contributed by atoms with Crippen molar-refractivity contribution in [2.24, 2.45) is 0 Å². The summed E-state index contributed by atoms with van der Waals surface area (Å²) in [4.78, 5) is 4.22. The van der Waals surface area contributed by atoms with Crippen LogP contribution in [0.3, 0.4) is 0 Å². The molecule has 0 aliphatic carbocycles. The maximum Gasteiger partial charge on any atom is 0.0160 e. The molecule has 20 heavy (non-hydrogen) atoms. The van der Waals surface area contributed by atoms with Crippen LogP contribution in [0.1, 0.15) is 35.1 Å². The predicted molar refractivity (Wildman–Crippen MR) is 90.8 cm³/mol. The predicted octanol–water partition coefficient (Wildman–Crippen LogP) is 6.14. The summed E-state index contributed by atoms with van der Waals surface area (Å²) in [5.74, 6) is 0. The molecule has 0 unspecified atom stereocenters. The van der Waals surface area contributed by atoms with E-state index >= 15 is 0 Å². The van der Waals surface area contributed by atoms with Crippen molar-refractivity contribution in [1.82, 2.24) is 4.98 Å². The van der Waals surface area contributed by atoms with Gasteiger partial charge in [0.1, 0.15) is 0 Å². The Kier molecular flexibility index (Phi) is 36.4. The van der Waals surface area contributed by atoms with E-state index in [9.17, 15) is 0 Å². The molecular formula is C18H30NPt-3. The molecule has 0 radical (unpaired) electrons. The van der Waals surface area contributed by atoms with E-state index in [4.69, 9.17) is 0 Å². The Hall–Kier alpha value is -0.942. The minimum Gasteiger partial charge on any atom is -0.358 e. The Morgan fingerprint density at radius 1 is 0.850 bits per heavy atom. The third kappa shape index (κ3) is 12.1. The van der Waals surface area contributed by atoms with Gasteiger partial charge >= 0.3 is 0 Å². The van der Waals surface area contributed by atoms with Gasteiger partial charge in [0.25, 0.3) is 0 Å². The normalized spacial score (nSPS) is 6.40. The first-order chi connectivity index (χ1) is 7.97. The van der Waals surface area contributed by atoms with Gasteiger partial charge in [0.2, 0.25) is 0 Å². The van der Waals surface area contributed by atoms with Crippen LogP contribution in [-0.4, -0.2) is 4.98 Å². The summed E-state index contributed by atoms with van der Waals surface area (Å²) in [5.41, 5.74) is 2.01. The fraction of sp³-hybridized carbons (Fsp3) is 0.278. The second kappa shape index (κ2) is 23.2. The smallest absolute Gasteiger partial charge is 0.0160 e. The second-order valence-corrected chi connectivity index (χ2v) is 2.49. The Morgan fingerprint density at radius 2 is 1.40 bits per heavy atom. The molecule has 1 aromatic heterocycles. The molecule has 0 saturated carbocycles. The van der Waals surface area contributed by atoms with Crippen molar-refractivity contribution in [3.63, 3.8) is 0 Å². The molecular weight excluding hydrogens is 425 g/mol. The Balaban J connectivity index is -0.0000000868. The molecule has 0 bridgehead atoms. The van der Waals surface area contributed by atoms with Crippen LogP contribution in [0.25, 0.3) is 11.3 Å². The molecule has 0 fully saturated rings. The number of pyridine rings is 1. The second-order valence-electron chi connectivity index (χ2n) is 2.49. The first-order valence-electron chi connectivity index (χ1n) is 5.85. The van der Waals surface area contributed by atoms with Crippen molar-refractivity contribution >= 4 is 0 Å². The van der Waals surface area contributed by atoms with Gasteiger partial charge in [-0.05, 0) is 11.8 Å². The zero-order valence-corrected chi connectivity index (χ0v) is 15.2. The van der Waals surface area contributed by atoms with Crippen molar-refractivity contribution in [1.29, 1.82) is 0 Å². The van der Waals surface area contributed by atoms with E-state index in [0.717, 1.165) is 11.3 Å². The molecule has 2 heteroatoms. The average molecular weight is 456 g/mol. The number of nitrogens with zero attached hydrogens (tertiary/aromatic N) is 1. The number of aromatic nitrogens is 1. The van der Waals surface area contributed by atoms with E-state index in [-0.39, 0.29) is 43.3 Å². The van der Waals surface area contributed by atoms with Gasteiger partial charge < -0.3 is 19.8 Å². The van der Waals surface area contributed by atoms with Crippen LogP contribution < -0.4 is 0 Å². The molecule has 1 aromatic carbocycles. The van der Waals surface area contributed by atoms with Gasteiger partial charge in [0, 0.05) is 27.3 Å². The molecule has 0 aliphatic heterocycles. The molecule has 0 aliphatic rings. The summed E-state index contributed by atoms with van der Waals surface area (Å²) >= 11 is 0. The summed E-state index contributed by atoms with van der Waals surface area (Å²) in [6.07, 6.45) is 1.79. The first-order valence-corrected chi connectivity index (χ1v) is 5.85. The minimum absolute atomic E-state index is 0. The standard InChI is InChI=1S/C11H8N.2C2H6.CH4.2CH3.Pt/c1-2-6-10(7-3-1)11-8-4-5-9-12-11;2*1-2;;;;/h1-6,8-9H;2*1-2H3;1H4;2*1H3;/q-1;;;;2*-1;. The third-order valence-corrected chi connectivity index (χ3v) is 1.65. The first kappa shape index (κ1) is 31.4. The molecule has 1 heterocycles. The van der Waals surface area contributed by atoms with Crippen LogP contribution in [0.15, 0.2) is 48.7 Å². The van der Waals surface area contributed by atoms with Crippen LogP contribution in [0.4, 0.5) is 0 Å². The van der Waals surface area contributed by atoms with E-state index < -0.39 is 0 Å². The van der Waals surface area contributed by atoms with Gasteiger partial charge in [-0.3, -0.25) is 0 Å². The summed E-state index contributed by atoms with van der Waals surface area (Å²) < 4.78 is 0. The van der Waals surface area contributed by atoms with E-state index in [2.05, 4.69) is 11.1 Å². The zero-order chi connectivity index (χ0) is 12.2. The average Bonchev–Trinajstić information content (AvgIpc) is 2.45. The summed E-state index contributed by atoms with van der Waals surface area (Å²) in [6, 6.07) is 16.8. The van der Waals surface area contributed by atoms with Gasteiger partial charge in [-0.15, -0.1) is 35.9 Å². The molecule has 120 valence electrons. The molecule has 2 rings (SSSR count). The summed E-state index contributed by atoms with van der Waals surface area (Å²) in [7, 11) is 0. The molecule has 0 saturated heterocycles. The van der Waals surface area contributed by atoms with Crippen LogP contribution in [0.2, 0.25) is 0 Å². The van der Waals surface area contributed by atoms with Crippen LogP contribution >= 0.6 is 0 Å². The van der Waals surface area contributed by atoms with Crippen molar-refractivity contribution in [2.75, 3.05) is 0 Å². The number of rotatable bonds is 1. The number of hydrogen-bond donors (Lipinski definition) is 0. The fourth-order valence-electron chi connectivity index (χ4n) is 1.07. The third-order valence-electron chi connectivity index (χ3n) is 1.65. The van der Waals surface area contributed by atoms with E-state index in [1.54, 1.807) is 6.20 Å². The molecule has 0 spiro atoms. The quantitative estimate of drug-likeness (QED) is 0.471. The van der Waals surface area contributed by atoms with Gasteiger partial charge in [-0.1, -0.05) is 47.3 Å². The Labute approximate surface area is 142 Å².